The summed E-state index contributed by atoms with van der Waals surface area (Å²) in [6.07, 6.45) is 3.44. The third-order valence-electron chi connectivity index (χ3n) is 1.39. The number of hydrogen-bond acceptors (Lipinski definition) is 3. The van der Waals surface area contributed by atoms with Crippen molar-refractivity contribution < 1.29 is 5.11 Å². The van der Waals surface area contributed by atoms with Gasteiger partial charge in [-0.15, -0.1) is 0 Å². The predicted octanol–water partition coefficient (Wildman–Crippen LogP) is 1.64. The van der Waals surface area contributed by atoms with Gasteiger partial charge < -0.3 is 10.4 Å². The van der Waals surface area contributed by atoms with E-state index < -0.39 is 0 Å². The molecule has 0 radical (unpaired) electrons. The first-order valence-corrected chi connectivity index (χ1v) is 4.49. The summed E-state index contributed by atoms with van der Waals surface area (Å²) in [6, 6.07) is 1.97. The Morgan fingerprint density at radius 1 is 1.67 bits per heavy atom. The van der Waals surface area contributed by atoms with Gasteiger partial charge in [0.1, 0.15) is 0 Å². The van der Waals surface area contributed by atoms with Crippen LogP contribution in [0.3, 0.4) is 0 Å². The molecule has 0 bridgehead atoms. The number of aliphatic hydroxyl groups excluding tert-OH is 1. The topological polar surface area (TPSA) is 45.1 Å². The van der Waals surface area contributed by atoms with E-state index in [1.807, 2.05) is 13.0 Å². The van der Waals surface area contributed by atoms with E-state index in [0.717, 1.165) is 10.2 Å². The van der Waals surface area contributed by atoms with Crippen molar-refractivity contribution in [3.63, 3.8) is 0 Å². The van der Waals surface area contributed by atoms with Crippen LogP contribution in [-0.2, 0) is 0 Å². The van der Waals surface area contributed by atoms with Crippen molar-refractivity contribution in [1.82, 2.24) is 4.98 Å². The third kappa shape index (κ3) is 2.79. The second-order valence-corrected chi connectivity index (χ2v) is 3.54. The summed E-state index contributed by atoms with van der Waals surface area (Å²) in [7, 11) is 0. The molecule has 4 heteroatoms. The van der Waals surface area contributed by atoms with Crippen molar-refractivity contribution in [2.75, 3.05) is 11.9 Å². The van der Waals surface area contributed by atoms with E-state index in [1.54, 1.807) is 12.4 Å². The van der Waals surface area contributed by atoms with Crippen molar-refractivity contribution >= 4 is 21.6 Å². The highest BCUT2D eigenvalue weighted by Crippen LogP contribution is 2.14. The standard InChI is InChI=1S/C8H11BrN2O/c1-6(5-12)11-8-2-7(9)3-10-4-8/h2-4,6,11-12H,5H2,1H3. The highest BCUT2D eigenvalue weighted by atomic mass is 79.9. The molecular formula is C8H11BrN2O. The first kappa shape index (κ1) is 9.48. The molecule has 0 aliphatic rings. The van der Waals surface area contributed by atoms with Crippen molar-refractivity contribution in [3.8, 4) is 0 Å². The average Bonchev–Trinajstić information content (AvgIpc) is 2.04. The maximum atomic E-state index is 8.77. The van der Waals surface area contributed by atoms with E-state index in [9.17, 15) is 0 Å². The molecule has 0 saturated carbocycles. The molecule has 1 unspecified atom stereocenters. The van der Waals surface area contributed by atoms with Crippen LogP contribution in [0.25, 0.3) is 0 Å². The van der Waals surface area contributed by atoms with Crippen LogP contribution in [0.15, 0.2) is 22.9 Å². The monoisotopic (exact) mass is 230 g/mol. The third-order valence-corrected chi connectivity index (χ3v) is 1.83. The Labute approximate surface area is 80.0 Å². The van der Waals surface area contributed by atoms with Gasteiger partial charge in [-0.25, -0.2) is 0 Å². The molecular weight excluding hydrogens is 220 g/mol. The number of nitrogens with one attached hydrogen (secondary N) is 1. The number of pyridine rings is 1. The maximum absolute atomic E-state index is 8.77. The number of halogens is 1. The van der Waals surface area contributed by atoms with Gasteiger partial charge in [0.05, 0.1) is 18.5 Å². The number of rotatable bonds is 3. The fourth-order valence-electron chi connectivity index (χ4n) is 0.821. The quantitative estimate of drug-likeness (QED) is 0.831. The lowest BCUT2D eigenvalue weighted by Gasteiger charge is -2.11. The molecule has 0 amide bonds. The molecule has 0 aromatic carbocycles. The summed E-state index contributed by atoms with van der Waals surface area (Å²) in [4.78, 5) is 3.98. The molecule has 1 aromatic heterocycles. The molecule has 0 aliphatic heterocycles. The van der Waals surface area contributed by atoms with Crippen LogP contribution in [0.4, 0.5) is 5.69 Å². The van der Waals surface area contributed by atoms with Gasteiger partial charge in [-0.3, -0.25) is 4.98 Å². The number of aliphatic hydroxyl groups is 1. The van der Waals surface area contributed by atoms with Crippen LogP contribution in [0.2, 0.25) is 0 Å². The molecule has 0 saturated heterocycles. The zero-order valence-corrected chi connectivity index (χ0v) is 8.37. The Kier molecular flexibility index (Phi) is 3.49. The van der Waals surface area contributed by atoms with E-state index in [0.29, 0.717) is 0 Å². The zero-order valence-electron chi connectivity index (χ0n) is 6.79. The molecule has 66 valence electrons. The Bertz CT molecular complexity index is 255. The smallest absolute Gasteiger partial charge is 0.0630 e. The summed E-state index contributed by atoms with van der Waals surface area (Å²) in [5, 5.41) is 11.9. The Balaban J connectivity index is 2.63. The minimum atomic E-state index is 0.0566. The van der Waals surface area contributed by atoms with Crippen molar-refractivity contribution in [1.29, 1.82) is 0 Å². The Morgan fingerprint density at radius 2 is 2.42 bits per heavy atom. The number of anilines is 1. The van der Waals surface area contributed by atoms with Crippen LogP contribution < -0.4 is 5.32 Å². The highest BCUT2D eigenvalue weighted by Gasteiger charge is 1.99. The average molecular weight is 231 g/mol. The molecule has 0 spiro atoms. The molecule has 0 aliphatic carbocycles. The van der Waals surface area contributed by atoms with Crippen molar-refractivity contribution in [2.45, 2.75) is 13.0 Å². The fraction of sp³-hybridized carbons (Fsp3) is 0.375. The molecule has 1 aromatic rings. The van der Waals surface area contributed by atoms with Crippen LogP contribution in [0.1, 0.15) is 6.92 Å². The summed E-state index contributed by atoms with van der Waals surface area (Å²) in [5.74, 6) is 0. The van der Waals surface area contributed by atoms with Gasteiger partial charge >= 0.3 is 0 Å². The van der Waals surface area contributed by atoms with Crippen LogP contribution in [-0.4, -0.2) is 22.7 Å². The van der Waals surface area contributed by atoms with Crippen molar-refractivity contribution in [3.05, 3.63) is 22.9 Å². The molecule has 1 heterocycles. The van der Waals surface area contributed by atoms with Gasteiger partial charge in [0, 0.05) is 16.7 Å². The minimum Gasteiger partial charge on any atom is -0.394 e. The first-order chi connectivity index (χ1) is 5.72. The lowest BCUT2D eigenvalue weighted by atomic mass is 10.3. The summed E-state index contributed by atoms with van der Waals surface area (Å²) in [6.45, 7) is 2.02. The van der Waals surface area contributed by atoms with Crippen LogP contribution in [0.5, 0.6) is 0 Å². The van der Waals surface area contributed by atoms with E-state index in [4.69, 9.17) is 5.11 Å². The zero-order chi connectivity index (χ0) is 8.97. The van der Waals surface area contributed by atoms with Gasteiger partial charge in [0.15, 0.2) is 0 Å². The number of hydrogen-bond donors (Lipinski definition) is 2. The second kappa shape index (κ2) is 4.42. The van der Waals surface area contributed by atoms with E-state index in [1.165, 1.54) is 0 Å². The molecule has 1 rings (SSSR count). The van der Waals surface area contributed by atoms with Gasteiger partial charge in [-0.2, -0.15) is 0 Å². The van der Waals surface area contributed by atoms with Crippen LogP contribution in [0, 0.1) is 0 Å². The Hall–Kier alpha value is -0.610. The number of nitrogens with zero attached hydrogens (tertiary/aromatic N) is 1. The highest BCUT2D eigenvalue weighted by molar-refractivity contribution is 9.10. The largest absolute Gasteiger partial charge is 0.394 e. The Morgan fingerprint density at radius 3 is 3.00 bits per heavy atom. The summed E-state index contributed by atoms with van der Waals surface area (Å²) >= 11 is 3.31. The SMILES string of the molecule is CC(CO)Nc1cncc(Br)c1. The molecule has 1 atom stereocenters. The molecule has 2 N–H and O–H groups in total. The van der Waals surface area contributed by atoms with Gasteiger partial charge in [0.25, 0.3) is 0 Å². The number of aromatic nitrogens is 1. The summed E-state index contributed by atoms with van der Waals surface area (Å²) in [5.41, 5.74) is 0.908. The molecule has 0 fully saturated rings. The normalized spacial score (nSPS) is 12.6. The molecule has 3 nitrogen and oxygen atoms in total. The van der Waals surface area contributed by atoms with E-state index in [-0.39, 0.29) is 12.6 Å². The summed E-state index contributed by atoms with van der Waals surface area (Å²) < 4.78 is 0.928. The second-order valence-electron chi connectivity index (χ2n) is 2.62. The van der Waals surface area contributed by atoms with E-state index in [2.05, 4.69) is 26.2 Å². The maximum Gasteiger partial charge on any atom is 0.0630 e. The van der Waals surface area contributed by atoms with E-state index >= 15 is 0 Å². The molecule has 12 heavy (non-hydrogen) atoms. The minimum absolute atomic E-state index is 0.0566. The predicted molar refractivity (Wildman–Crippen MR) is 52.1 cm³/mol. The lowest BCUT2D eigenvalue weighted by molar-refractivity contribution is 0.281. The van der Waals surface area contributed by atoms with Crippen molar-refractivity contribution in [2.24, 2.45) is 0 Å². The fourth-order valence-corrected chi connectivity index (χ4v) is 1.19. The van der Waals surface area contributed by atoms with Gasteiger partial charge in [-0.05, 0) is 28.9 Å². The first-order valence-electron chi connectivity index (χ1n) is 3.70. The van der Waals surface area contributed by atoms with Crippen LogP contribution >= 0.6 is 15.9 Å². The van der Waals surface area contributed by atoms with Gasteiger partial charge in [-0.1, -0.05) is 0 Å². The van der Waals surface area contributed by atoms with Gasteiger partial charge in [0.2, 0.25) is 0 Å². The lowest BCUT2D eigenvalue weighted by Crippen LogP contribution is -2.19.